The average molecular weight is 246 g/mol. The van der Waals surface area contributed by atoms with Crippen LogP contribution in [-0.2, 0) is 6.42 Å². The highest BCUT2D eigenvalue weighted by molar-refractivity contribution is 5.47. The molecule has 98 valence electrons. The van der Waals surface area contributed by atoms with Gasteiger partial charge in [-0.3, -0.25) is 0 Å². The molecule has 0 spiro atoms. The number of nitrogen functional groups attached to an aromatic ring is 1. The van der Waals surface area contributed by atoms with Crippen LogP contribution >= 0.6 is 0 Å². The molecule has 0 saturated heterocycles. The van der Waals surface area contributed by atoms with E-state index in [-0.39, 0.29) is 0 Å². The van der Waals surface area contributed by atoms with Crippen LogP contribution in [0.2, 0.25) is 0 Å². The second kappa shape index (κ2) is 4.56. The summed E-state index contributed by atoms with van der Waals surface area (Å²) < 4.78 is 0. The number of nitrogens with two attached hydrogens (primary N) is 1. The van der Waals surface area contributed by atoms with Crippen molar-refractivity contribution in [1.82, 2.24) is 5.32 Å². The van der Waals surface area contributed by atoms with Crippen LogP contribution in [0.5, 0.6) is 0 Å². The van der Waals surface area contributed by atoms with Crippen molar-refractivity contribution in [3.8, 4) is 0 Å². The van der Waals surface area contributed by atoms with Gasteiger partial charge in [0.2, 0.25) is 0 Å². The fraction of sp³-hybridized carbons (Fsp3) is 0.600. The maximum Gasteiger partial charge on any atom is 0.0436 e. The van der Waals surface area contributed by atoms with Crippen molar-refractivity contribution in [2.45, 2.75) is 38.1 Å². The lowest BCUT2D eigenvalue weighted by Gasteiger charge is -2.19. The van der Waals surface area contributed by atoms with E-state index >= 15 is 0 Å². The first kappa shape index (κ1) is 12.0. The fourth-order valence-electron chi connectivity index (χ4n) is 3.12. The lowest BCUT2D eigenvalue weighted by atomic mass is 10.0. The van der Waals surface area contributed by atoms with Crippen molar-refractivity contribution < 1.29 is 5.11 Å². The molecule has 1 fully saturated rings. The number of benzene rings is 1. The number of nitrogens with one attached hydrogen (secondary N) is 1. The van der Waals surface area contributed by atoms with Crippen LogP contribution in [-0.4, -0.2) is 18.3 Å². The van der Waals surface area contributed by atoms with Gasteiger partial charge < -0.3 is 16.2 Å². The number of hydrogen-bond donors (Lipinski definition) is 3. The summed E-state index contributed by atoms with van der Waals surface area (Å²) in [5.41, 5.74) is 9.91. The Morgan fingerprint density at radius 1 is 1.39 bits per heavy atom. The number of hydrogen-bond acceptors (Lipinski definition) is 3. The molecule has 4 N–H and O–H groups in total. The Kier molecular flexibility index (Phi) is 3.04. The third-order valence-corrected chi connectivity index (χ3v) is 4.57. The summed E-state index contributed by atoms with van der Waals surface area (Å²) in [5.74, 6) is 0. The van der Waals surface area contributed by atoms with Crippen LogP contribution in [0.4, 0.5) is 5.69 Å². The van der Waals surface area contributed by atoms with E-state index < -0.39 is 0 Å². The maximum atomic E-state index is 9.08. The highest BCUT2D eigenvalue weighted by Crippen LogP contribution is 2.48. The zero-order valence-electron chi connectivity index (χ0n) is 10.8. The minimum Gasteiger partial charge on any atom is -0.399 e. The van der Waals surface area contributed by atoms with Crippen molar-refractivity contribution >= 4 is 5.69 Å². The molecule has 0 bridgehead atoms. The number of rotatable bonds is 5. The second-order valence-electron chi connectivity index (χ2n) is 5.90. The van der Waals surface area contributed by atoms with Gasteiger partial charge in [-0.2, -0.15) is 0 Å². The van der Waals surface area contributed by atoms with Crippen LogP contribution in [0.15, 0.2) is 18.2 Å². The predicted octanol–water partition coefficient (Wildman–Crippen LogP) is 2.01. The van der Waals surface area contributed by atoms with Crippen molar-refractivity contribution in [2.24, 2.45) is 5.41 Å². The Balaban J connectivity index is 1.63. The van der Waals surface area contributed by atoms with Crippen LogP contribution in [0.1, 0.15) is 42.9 Å². The van der Waals surface area contributed by atoms with Gasteiger partial charge >= 0.3 is 0 Å². The minimum atomic E-state index is 0.319. The Bertz CT molecular complexity index is 440. The first-order valence-electron chi connectivity index (χ1n) is 6.95. The van der Waals surface area contributed by atoms with Gasteiger partial charge in [0, 0.05) is 24.9 Å². The summed E-state index contributed by atoms with van der Waals surface area (Å²) in [7, 11) is 0. The Hall–Kier alpha value is -1.06. The SMILES string of the molecule is Nc1ccc2c(c1)CCC2NCC1(CCO)CC1. The maximum absolute atomic E-state index is 9.08. The molecule has 1 aromatic carbocycles. The van der Waals surface area contributed by atoms with Crippen LogP contribution < -0.4 is 11.1 Å². The highest BCUT2D eigenvalue weighted by Gasteiger charge is 2.42. The molecule has 0 amide bonds. The third kappa shape index (κ3) is 2.25. The van der Waals surface area contributed by atoms with E-state index in [0.717, 1.165) is 25.1 Å². The third-order valence-electron chi connectivity index (χ3n) is 4.57. The molecule has 3 heteroatoms. The normalized spacial score (nSPS) is 23.9. The van der Waals surface area contributed by atoms with E-state index in [9.17, 15) is 0 Å². The van der Waals surface area contributed by atoms with Crippen LogP contribution in [0.3, 0.4) is 0 Å². The number of fused-ring (bicyclic) bond motifs is 1. The van der Waals surface area contributed by atoms with E-state index in [4.69, 9.17) is 10.8 Å². The second-order valence-corrected chi connectivity index (χ2v) is 5.90. The largest absolute Gasteiger partial charge is 0.399 e. The van der Waals surface area contributed by atoms with Crippen molar-refractivity contribution in [3.63, 3.8) is 0 Å². The molecule has 3 rings (SSSR count). The smallest absolute Gasteiger partial charge is 0.0436 e. The molecule has 18 heavy (non-hydrogen) atoms. The van der Waals surface area contributed by atoms with Gasteiger partial charge in [-0.25, -0.2) is 0 Å². The zero-order valence-corrected chi connectivity index (χ0v) is 10.8. The molecule has 0 heterocycles. The van der Waals surface area contributed by atoms with Gasteiger partial charge in [0.05, 0.1) is 0 Å². The van der Waals surface area contributed by atoms with Gasteiger partial charge in [0.1, 0.15) is 0 Å². The molecule has 2 aliphatic rings. The summed E-state index contributed by atoms with van der Waals surface area (Å²) in [6.07, 6.45) is 5.78. The Morgan fingerprint density at radius 3 is 2.94 bits per heavy atom. The van der Waals surface area contributed by atoms with Crippen LogP contribution in [0.25, 0.3) is 0 Å². The van der Waals surface area contributed by atoms with Gasteiger partial charge in [-0.1, -0.05) is 6.07 Å². The van der Waals surface area contributed by atoms with E-state index in [0.29, 0.717) is 18.1 Å². The Morgan fingerprint density at radius 2 is 2.22 bits per heavy atom. The number of anilines is 1. The van der Waals surface area contributed by atoms with Crippen molar-refractivity contribution in [3.05, 3.63) is 29.3 Å². The van der Waals surface area contributed by atoms with E-state index in [1.54, 1.807) is 0 Å². The summed E-state index contributed by atoms with van der Waals surface area (Å²) in [4.78, 5) is 0. The summed E-state index contributed by atoms with van der Waals surface area (Å²) in [5, 5.41) is 12.8. The highest BCUT2D eigenvalue weighted by atomic mass is 16.3. The number of aliphatic hydroxyl groups excluding tert-OH is 1. The molecule has 1 unspecified atom stereocenters. The molecular weight excluding hydrogens is 224 g/mol. The molecule has 2 aliphatic carbocycles. The van der Waals surface area contributed by atoms with Gasteiger partial charge in [-0.15, -0.1) is 0 Å². The number of aliphatic hydroxyl groups is 1. The summed E-state index contributed by atoms with van der Waals surface area (Å²) in [6.45, 7) is 1.36. The standard InChI is InChI=1S/C15H22N2O/c16-12-2-3-13-11(9-12)1-4-14(13)17-10-15(5-6-15)7-8-18/h2-3,9,14,17-18H,1,4-8,10,16H2. The topological polar surface area (TPSA) is 58.3 Å². The Labute approximate surface area is 108 Å². The molecule has 1 atom stereocenters. The molecule has 0 aromatic heterocycles. The molecule has 1 saturated carbocycles. The first-order valence-corrected chi connectivity index (χ1v) is 6.95. The lowest BCUT2D eigenvalue weighted by Crippen LogP contribution is -2.27. The van der Waals surface area contributed by atoms with Crippen molar-refractivity contribution in [1.29, 1.82) is 0 Å². The molecule has 1 aromatic rings. The zero-order chi connectivity index (χ0) is 12.6. The van der Waals surface area contributed by atoms with E-state index in [1.165, 1.54) is 30.4 Å². The van der Waals surface area contributed by atoms with Crippen LogP contribution in [0, 0.1) is 5.41 Å². The molecular formula is C15H22N2O. The summed E-state index contributed by atoms with van der Waals surface area (Å²) >= 11 is 0. The average Bonchev–Trinajstić information content (AvgIpc) is 3.00. The molecule has 0 radical (unpaired) electrons. The first-order chi connectivity index (χ1) is 8.72. The fourth-order valence-corrected chi connectivity index (χ4v) is 3.12. The van der Waals surface area contributed by atoms with Gasteiger partial charge in [0.15, 0.2) is 0 Å². The quantitative estimate of drug-likeness (QED) is 0.697. The minimum absolute atomic E-state index is 0.319. The van der Waals surface area contributed by atoms with Gasteiger partial charge in [-0.05, 0) is 60.8 Å². The predicted molar refractivity (Wildman–Crippen MR) is 73.3 cm³/mol. The molecule has 3 nitrogen and oxygen atoms in total. The monoisotopic (exact) mass is 246 g/mol. The van der Waals surface area contributed by atoms with E-state index in [2.05, 4.69) is 17.4 Å². The van der Waals surface area contributed by atoms with E-state index in [1.807, 2.05) is 6.07 Å². The van der Waals surface area contributed by atoms with Gasteiger partial charge in [0.25, 0.3) is 0 Å². The van der Waals surface area contributed by atoms with Crippen molar-refractivity contribution in [2.75, 3.05) is 18.9 Å². The summed E-state index contributed by atoms with van der Waals surface area (Å²) in [6, 6.07) is 6.76. The number of aryl methyl sites for hydroxylation is 1. The molecule has 0 aliphatic heterocycles. The lowest BCUT2D eigenvalue weighted by molar-refractivity contribution is 0.242.